The maximum atomic E-state index is 5.52. The summed E-state index contributed by atoms with van der Waals surface area (Å²) in [6, 6.07) is 10.3. The zero-order valence-electron chi connectivity index (χ0n) is 7.31. The minimum atomic E-state index is 0.163. The fraction of sp³-hybridized carbons (Fsp3) is 0.400. The summed E-state index contributed by atoms with van der Waals surface area (Å²) in [5.74, 6) is 0. The first-order valence-electron chi connectivity index (χ1n) is 4.36. The van der Waals surface area contributed by atoms with Gasteiger partial charge in [0, 0.05) is 4.90 Å². The van der Waals surface area contributed by atoms with Gasteiger partial charge in [-0.3, -0.25) is 0 Å². The van der Waals surface area contributed by atoms with Gasteiger partial charge in [0.1, 0.15) is 5.44 Å². The van der Waals surface area contributed by atoms with Crippen molar-refractivity contribution in [3.8, 4) is 0 Å². The number of thioether (sulfide) groups is 1. The molecule has 1 aromatic carbocycles. The van der Waals surface area contributed by atoms with Crippen LogP contribution in [0.5, 0.6) is 0 Å². The van der Waals surface area contributed by atoms with Crippen LogP contribution >= 0.6 is 11.8 Å². The zero-order valence-corrected chi connectivity index (χ0v) is 8.13. The number of hydrogen-bond acceptors (Lipinski definition) is 3. The van der Waals surface area contributed by atoms with E-state index in [0.29, 0.717) is 13.2 Å². The Labute approximate surface area is 82.2 Å². The highest BCUT2D eigenvalue weighted by Gasteiger charge is 2.14. The minimum Gasteiger partial charge on any atom is -0.375 e. The van der Waals surface area contributed by atoms with Crippen LogP contribution in [-0.2, 0) is 9.47 Å². The van der Waals surface area contributed by atoms with Crippen molar-refractivity contribution >= 4 is 11.8 Å². The Morgan fingerprint density at radius 3 is 2.69 bits per heavy atom. The molecule has 0 aromatic heterocycles. The molecule has 3 heteroatoms. The quantitative estimate of drug-likeness (QED) is 0.722. The van der Waals surface area contributed by atoms with Crippen LogP contribution in [0.4, 0.5) is 0 Å². The second kappa shape index (κ2) is 4.65. The third kappa shape index (κ3) is 2.72. The van der Waals surface area contributed by atoms with Gasteiger partial charge in [0.15, 0.2) is 0 Å². The minimum absolute atomic E-state index is 0.163. The van der Waals surface area contributed by atoms with E-state index in [1.54, 1.807) is 11.8 Å². The molecule has 2 rings (SSSR count). The second-order valence-corrected chi connectivity index (χ2v) is 4.04. The van der Waals surface area contributed by atoms with Gasteiger partial charge in [-0.25, -0.2) is 0 Å². The normalized spacial score (nSPS) is 22.9. The Morgan fingerprint density at radius 1 is 1.15 bits per heavy atom. The van der Waals surface area contributed by atoms with E-state index >= 15 is 0 Å². The molecular weight excluding hydrogens is 184 g/mol. The summed E-state index contributed by atoms with van der Waals surface area (Å²) in [7, 11) is 0. The summed E-state index contributed by atoms with van der Waals surface area (Å²) in [6.45, 7) is 2.13. The lowest BCUT2D eigenvalue weighted by molar-refractivity contribution is -0.0498. The van der Waals surface area contributed by atoms with Gasteiger partial charge >= 0.3 is 0 Å². The third-order valence-corrected chi connectivity index (χ3v) is 2.88. The van der Waals surface area contributed by atoms with Gasteiger partial charge in [0.25, 0.3) is 0 Å². The van der Waals surface area contributed by atoms with Gasteiger partial charge in [-0.2, -0.15) is 0 Å². The molecule has 0 bridgehead atoms. The molecule has 0 saturated carbocycles. The molecule has 0 aliphatic carbocycles. The molecule has 13 heavy (non-hydrogen) atoms. The van der Waals surface area contributed by atoms with Crippen LogP contribution in [0.2, 0.25) is 0 Å². The van der Waals surface area contributed by atoms with Crippen LogP contribution in [-0.4, -0.2) is 25.3 Å². The molecule has 1 aliphatic heterocycles. The zero-order chi connectivity index (χ0) is 8.93. The highest BCUT2D eigenvalue weighted by atomic mass is 32.2. The van der Waals surface area contributed by atoms with Crippen molar-refractivity contribution in [3.05, 3.63) is 30.3 Å². The molecule has 0 amide bonds. The maximum Gasteiger partial charge on any atom is 0.131 e. The molecule has 70 valence electrons. The van der Waals surface area contributed by atoms with Gasteiger partial charge < -0.3 is 9.47 Å². The van der Waals surface area contributed by atoms with Crippen molar-refractivity contribution in [2.75, 3.05) is 19.8 Å². The number of benzene rings is 1. The molecule has 0 N–H and O–H groups in total. The molecule has 2 nitrogen and oxygen atoms in total. The summed E-state index contributed by atoms with van der Waals surface area (Å²) >= 11 is 1.72. The molecule has 1 fully saturated rings. The summed E-state index contributed by atoms with van der Waals surface area (Å²) in [5, 5.41) is 0. The van der Waals surface area contributed by atoms with Crippen molar-refractivity contribution < 1.29 is 9.47 Å². The predicted molar refractivity (Wildman–Crippen MR) is 52.9 cm³/mol. The topological polar surface area (TPSA) is 18.5 Å². The molecule has 1 heterocycles. The average molecular weight is 196 g/mol. The molecule has 0 radical (unpaired) electrons. The van der Waals surface area contributed by atoms with E-state index in [4.69, 9.17) is 9.47 Å². The summed E-state index contributed by atoms with van der Waals surface area (Å²) < 4.78 is 10.8. The smallest absolute Gasteiger partial charge is 0.131 e. The van der Waals surface area contributed by atoms with Crippen molar-refractivity contribution in [1.29, 1.82) is 0 Å². The van der Waals surface area contributed by atoms with E-state index in [9.17, 15) is 0 Å². The highest BCUT2D eigenvalue weighted by molar-refractivity contribution is 7.99. The maximum absolute atomic E-state index is 5.52. The lowest BCUT2D eigenvalue weighted by Crippen LogP contribution is -2.25. The summed E-state index contributed by atoms with van der Waals surface area (Å²) in [5.41, 5.74) is 0.163. The van der Waals surface area contributed by atoms with E-state index in [1.807, 2.05) is 18.2 Å². The summed E-state index contributed by atoms with van der Waals surface area (Å²) in [6.07, 6.45) is 0. The summed E-state index contributed by atoms with van der Waals surface area (Å²) in [4.78, 5) is 1.23. The lowest BCUT2D eigenvalue weighted by Gasteiger charge is -2.22. The molecule has 0 spiro atoms. The van der Waals surface area contributed by atoms with Crippen LogP contribution in [0.25, 0.3) is 0 Å². The van der Waals surface area contributed by atoms with E-state index in [0.717, 1.165) is 6.61 Å². The Hall–Kier alpha value is -0.510. The number of rotatable bonds is 2. The molecule has 1 saturated heterocycles. The molecule has 1 atom stereocenters. The third-order valence-electron chi connectivity index (χ3n) is 1.80. The SMILES string of the molecule is c1ccc(SC2COCCO2)cc1. The standard InChI is InChI=1S/C10H12O2S/c1-2-4-9(5-3-1)13-10-8-11-6-7-12-10/h1-5,10H,6-8H2. The van der Waals surface area contributed by atoms with Gasteiger partial charge in [0.05, 0.1) is 19.8 Å². The van der Waals surface area contributed by atoms with Crippen molar-refractivity contribution in [1.82, 2.24) is 0 Å². The van der Waals surface area contributed by atoms with Crippen molar-refractivity contribution in [2.24, 2.45) is 0 Å². The first-order chi connectivity index (χ1) is 6.45. The number of hydrogen-bond donors (Lipinski definition) is 0. The lowest BCUT2D eigenvalue weighted by atomic mass is 10.4. The largest absolute Gasteiger partial charge is 0.375 e. The van der Waals surface area contributed by atoms with Gasteiger partial charge in [0.2, 0.25) is 0 Å². The van der Waals surface area contributed by atoms with Crippen molar-refractivity contribution in [3.63, 3.8) is 0 Å². The van der Waals surface area contributed by atoms with Crippen LogP contribution in [0.3, 0.4) is 0 Å². The fourth-order valence-electron chi connectivity index (χ4n) is 1.19. The molecule has 1 unspecified atom stereocenters. The second-order valence-electron chi connectivity index (χ2n) is 2.81. The highest BCUT2D eigenvalue weighted by Crippen LogP contribution is 2.25. The van der Waals surface area contributed by atoms with Crippen LogP contribution in [0.1, 0.15) is 0 Å². The molecule has 1 aromatic rings. The van der Waals surface area contributed by atoms with Gasteiger partial charge in [-0.15, -0.1) is 0 Å². The van der Waals surface area contributed by atoms with Gasteiger partial charge in [-0.05, 0) is 12.1 Å². The number of ether oxygens (including phenoxy) is 2. The van der Waals surface area contributed by atoms with Crippen LogP contribution in [0, 0.1) is 0 Å². The molecule has 1 aliphatic rings. The predicted octanol–water partition coefficient (Wildman–Crippen LogP) is 2.15. The van der Waals surface area contributed by atoms with Crippen LogP contribution < -0.4 is 0 Å². The first kappa shape index (κ1) is 9.06. The fourth-order valence-corrected chi connectivity index (χ4v) is 2.13. The van der Waals surface area contributed by atoms with E-state index in [-0.39, 0.29) is 5.44 Å². The Kier molecular flexibility index (Phi) is 3.24. The van der Waals surface area contributed by atoms with E-state index in [1.165, 1.54) is 4.90 Å². The average Bonchev–Trinajstić information content (AvgIpc) is 2.21. The van der Waals surface area contributed by atoms with Crippen LogP contribution in [0.15, 0.2) is 35.2 Å². The Bertz CT molecular complexity index is 244. The first-order valence-corrected chi connectivity index (χ1v) is 5.24. The Morgan fingerprint density at radius 2 is 2.00 bits per heavy atom. The van der Waals surface area contributed by atoms with Gasteiger partial charge in [-0.1, -0.05) is 30.0 Å². The van der Waals surface area contributed by atoms with E-state index in [2.05, 4.69) is 12.1 Å². The van der Waals surface area contributed by atoms with Crippen molar-refractivity contribution in [2.45, 2.75) is 10.3 Å². The van der Waals surface area contributed by atoms with E-state index < -0.39 is 0 Å². The Balaban J connectivity index is 1.90. The molecular formula is C10H12O2S. The monoisotopic (exact) mass is 196 g/mol.